The van der Waals surface area contributed by atoms with Gasteiger partial charge in [-0.05, 0) is 86.9 Å². The van der Waals surface area contributed by atoms with Crippen molar-refractivity contribution in [2.75, 3.05) is 20.6 Å². The Labute approximate surface area is 122 Å². The van der Waals surface area contributed by atoms with Gasteiger partial charge in [-0.15, -0.1) is 0 Å². The zero-order valence-corrected chi connectivity index (χ0v) is 12.8. The lowest BCUT2D eigenvalue weighted by molar-refractivity contribution is 0.289. The van der Waals surface area contributed by atoms with Gasteiger partial charge in [0, 0.05) is 6.54 Å². The Kier molecular flexibility index (Phi) is 3.59. The molecule has 2 bridgehead atoms. The van der Waals surface area contributed by atoms with Gasteiger partial charge in [0.05, 0.1) is 0 Å². The summed E-state index contributed by atoms with van der Waals surface area (Å²) >= 11 is 0. The molecule has 0 radical (unpaired) electrons. The molecule has 2 aliphatic carbocycles. The third-order valence-electron chi connectivity index (χ3n) is 4.99. The maximum absolute atomic E-state index is 9.85. The van der Waals surface area contributed by atoms with Crippen LogP contribution >= 0.6 is 0 Å². The minimum Gasteiger partial charge on any atom is -0.508 e. The molecule has 0 aliphatic heterocycles. The van der Waals surface area contributed by atoms with E-state index in [0.717, 1.165) is 18.4 Å². The summed E-state index contributed by atoms with van der Waals surface area (Å²) in [7, 11) is 4.32. The molecule has 2 nitrogen and oxygen atoms in total. The number of phenolic OH excluding ortho intramolecular Hbond substituents is 1. The van der Waals surface area contributed by atoms with Gasteiger partial charge in [-0.3, -0.25) is 0 Å². The van der Waals surface area contributed by atoms with Gasteiger partial charge < -0.3 is 10.0 Å². The van der Waals surface area contributed by atoms with E-state index in [1.165, 1.54) is 36.0 Å². The molecule has 1 aromatic carbocycles. The van der Waals surface area contributed by atoms with E-state index in [1.807, 2.05) is 12.1 Å². The van der Waals surface area contributed by atoms with Crippen molar-refractivity contribution in [1.82, 2.24) is 4.90 Å². The van der Waals surface area contributed by atoms with Crippen LogP contribution in [0.15, 0.2) is 24.3 Å². The van der Waals surface area contributed by atoms with Gasteiger partial charge in [-0.1, -0.05) is 12.1 Å². The van der Waals surface area contributed by atoms with E-state index in [4.69, 9.17) is 0 Å². The number of hydrogen-bond donors (Lipinski definition) is 1. The Morgan fingerprint density at radius 3 is 2.80 bits per heavy atom. The summed E-state index contributed by atoms with van der Waals surface area (Å²) in [5.41, 5.74) is 4.01. The summed E-state index contributed by atoms with van der Waals surface area (Å²) in [4.78, 5) is 2.30. The summed E-state index contributed by atoms with van der Waals surface area (Å²) in [5.74, 6) is 2.58. The molecular formula is C18H25NO. The molecule has 108 valence electrons. The quantitative estimate of drug-likeness (QED) is 0.906. The normalized spacial score (nSPS) is 28.8. The maximum Gasteiger partial charge on any atom is 0.116 e. The van der Waals surface area contributed by atoms with Gasteiger partial charge in [0.1, 0.15) is 5.75 Å². The SMILES string of the molecule is Cc1ccc(O)cc1C1=CC2CCC(C2)C1CN(C)C. The molecule has 0 amide bonds. The number of rotatable bonds is 3. The minimum absolute atomic E-state index is 0.382. The summed E-state index contributed by atoms with van der Waals surface area (Å²) in [6.07, 6.45) is 6.57. The van der Waals surface area contributed by atoms with Gasteiger partial charge in [0.25, 0.3) is 0 Å². The number of hydrogen-bond acceptors (Lipinski definition) is 2. The van der Waals surface area contributed by atoms with E-state index >= 15 is 0 Å². The van der Waals surface area contributed by atoms with Crippen molar-refractivity contribution < 1.29 is 5.11 Å². The van der Waals surface area contributed by atoms with Crippen LogP contribution in [0.25, 0.3) is 5.57 Å². The van der Waals surface area contributed by atoms with Crippen molar-refractivity contribution >= 4 is 5.57 Å². The Balaban J connectivity index is 2.02. The topological polar surface area (TPSA) is 23.5 Å². The fourth-order valence-electron chi connectivity index (χ4n) is 4.05. The van der Waals surface area contributed by atoms with Crippen LogP contribution in [0.2, 0.25) is 0 Å². The summed E-state index contributed by atoms with van der Waals surface area (Å²) in [6.45, 7) is 3.26. The van der Waals surface area contributed by atoms with Crippen LogP contribution < -0.4 is 0 Å². The molecule has 1 saturated carbocycles. The van der Waals surface area contributed by atoms with Gasteiger partial charge in [-0.2, -0.15) is 0 Å². The largest absolute Gasteiger partial charge is 0.508 e. The molecular weight excluding hydrogens is 246 g/mol. The summed E-state index contributed by atoms with van der Waals surface area (Å²) < 4.78 is 0. The van der Waals surface area contributed by atoms with Crippen LogP contribution in [-0.4, -0.2) is 30.6 Å². The van der Waals surface area contributed by atoms with Crippen molar-refractivity contribution in [3.05, 3.63) is 35.4 Å². The van der Waals surface area contributed by atoms with Gasteiger partial charge in [0.2, 0.25) is 0 Å². The van der Waals surface area contributed by atoms with E-state index in [0.29, 0.717) is 11.7 Å². The lowest BCUT2D eigenvalue weighted by Crippen LogP contribution is -2.29. The first kappa shape index (κ1) is 13.7. The second kappa shape index (κ2) is 5.25. The molecule has 3 rings (SSSR count). The highest BCUT2D eigenvalue weighted by atomic mass is 16.3. The van der Waals surface area contributed by atoms with Gasteiger partial charge in [0.15, 0.2) is 0 Å². The Hall–Kier alpha value is -1.28. The van der Waals surface area contributed by atoms with E-state index in [9.17, 15) is 5.11 Å². The van der Waals surface area contributed by atoms with E-state index in [1.54, 1.807) is 6.07 Å². The van der Waals surface area contributed by atoms with Crippen molar-refractivity contribution in [3.8, 4) is 5.75 Å². The van der Waals surface area contributed by atoms with Crippen molar-refractivity contribution in [1.29, 1.82) is 0 Å². The summed E-state index contributed by atoms with van der Waals surface area (Å²) in [6, 6.07) is 5.78. The van der Waals surface area contributed by atoms with Crippen LogP contribution in [-0.2, 0) is 0 Å². The standard InChI is InChI=1S/C18H25NO/c1-12-4-7-15(20)10-16(12)17-9-13-5-6-14(8-13)18(17)11-19(2)3/h4,7,9-10,13-14,18,20H,5-6,8,11H2,1-3H3. The fraction of sp³-hybridized carbons (Fsp3) is 0.556. The number of fused-ring (bicyclic) bond motifs is 2. The van der Waals surface area contributed by atoms with Crippen LogP contribution in [0.5, 0.6) is 5.75 Å². The van der Waals surface area contributed by atoms with E-state index < -0.39 is 0 Å². The highest BCUT2D eigenvalue weighted by Gasteiger charge is 2.37. The molecule has 3 atom stereocenters. The fourth-order valence-corrected chi connectivity index (χ4v) is 4.05. The molecule has 0 heterocycles. The molecule has 3 unspecified atom stereocenters. The Morgan fingerprint density at radius 1 is 1.25 bits per heavy atom. The van der Waals surface area contributed by atoms with Gasteiger partial charge in [-0.25, -0.2) is 0 Å². The Bertz CT molecular complexity index is 532. The first-order valence-corrected chi connectivity index (χ1v) is 7.71. The van der Waals surface area contributed by atoms with Crippen LogP contribution in [0, 0.1) is 24.7 Å². The Morgan fingerprint density at radius 2 is 2.05 bits per heavy atom. The predicted molar refractivity (Wildman–Crippen MR) is 83.7 cm³/mol. The molecule has 20 heavy (non-hydrogen) atoms. The van der Waals surface area contributed by atoms with Crippen molar-refractivity contribution in [2.45, 2.75) is 26.2 Å². The van der Waals surface area contributed by atoms with Crippen molar-refractivity contribution in [2.24, 2.45) is 17.8 Å². The van der Waals surface area contributed by atoms with Gasteiger partial charge >= 0.3 is 0 Å². The first-order chi connectivity index (χ1) is 9.54. The zero-order valence-electron chi connectivity index (χ0n) is 12.8. The molecule has 2 heteroatoms. The highest BCUT2D eigenvalue weighted by Crippen LogP contribution is 2.48. The highest BCUT2D eigenvalue weighted by molar-refractivity contribution is 5.72. The van der Waals surface area contributed by atoms with Crippen LogP contribution in [0.4, 0.5) is 0 Å². The number of allylic oxidation sites excluding steroid dienone is 1. The molecule has 0 aromatic heterocycles. The molecule has 1 fully saturated rings. The smallest absolute Gasteiger partial charge is 0.116 e. The van der Waals surface area contributed by atoms with Crippen molar-refractivity contribution in [3.63, 3.8) is 0 Å². The number of benzene rings is 1. The summed E-state index contributed by atoms with van der Waals surface area (Å²) in [5, 5.41) is 9.85. The lowest BCUT2D eigenvalue weighted by atomic mass is 9.75. The number of nitrogens with zero attached hydrogens (tertiary/aromatic N) is 1. The van der Waals surface area contributed by atoms with Crippen LogP contribution in [0.3, 0.4) is 0 Å². The number of aryl methyl sites for hydroxylation is 1. The third kappa shape index (κ3) is 2.49. The molecule has 2 aliphatic rings. The predicted octanol–water partition coefficient (Wildman–Crippen LogP) is 3.69. The monoisotopic (exact) mass is 271 g/mol. The third-order valence-corrected chi connectivity index (χ3v) is 4.99. The first-order valence-electron chi connectivity index (χ1n) is 7.71. The van der Waals surface area contributed by atoms with E-state index in [-0.39, 0.29) is 0 Å². The van der Waals surface area contributed by atoms with E-state index in [2.05, 4.69) is 32.0 Å². The molecule has 0 saturated heterocycles. The number of phenols is 1. The lowest BCUT2D eigenvalue weighted by Gasteiger charge is -2.33. The molecule has 1 N–H and O–H groups in total. The maximum atomic E-state index is 9.85. The average molecular weight is 271 g/mol. The van der Waals surface area contributed by atoms with Crippen LogP contribution in [0.1, 0.15) is 30.4 Å². The second-order valence-corrected chi connectivity index (χ2v) is 6.82. The average Bonchev–Trinajstić information content (AvgIpc) is 2.79. The minimum atomic E-state index is 0.382. The zero-order chi connectivity index (χ0) is 14.3. The molecule has 1 aromatic rings. The molecule has 0 spiro atoms. The number of aromatic hydroxyl groups is 1. The second-order valence-electron chi connectivity index (χ2n) is 6.82.